The van der Waals surface area contributed by atoms with Gasteiger partial charge >= 0.3 is 0 Å². The molecule has 1 aromatic rings. The van der Waals surface area contributed by atoms with Gasteiger partial charge in [-0.15, -0.1) is 0 Å². The molecular formula is C32H59NO2. The maximum absolute atomic E-state index is 6.09. The largest absolute Gasteiger partial charge is 0.497 e. The van der Waals surface area contributed by atoms with E-state index in [0.29, 0.717) is 0 Å². The van der Waals surface area contributed by atoms with Gasteiger partial charge in [0.25, 0.3) is 0 Å². The molecule has 0 fully saturated rings. The topological polar surface area (TPSA) is 30.5 Å². The van der Waals surface area contributed by atoms with Gasteiger partial charge in [-0.1, -0.05) is 142 Å². The number of benzene rings is 1. The van der Waals surface area contributed by atoms with Crippen molar-refractivity contribution in [1.82, 2.24) is 5.32 Å². The van der Waals surface area contributed by atoms with Gasteiger partial charge in [0, 0.05) is 18.2 Å². The van der Waals surface area contributed by atoms with E-state index >= 15 is 0 Å². The molecule has 0 spiro atoms. The Hall–Kier alpha value is -1.22. The van der Waals surface area contributed by atoms with Crippen LogP contribution >= 0.6 is 0 Å². The Morgan fingerprint density at radius 2 is 1.06 bits per heavy atom. The Morgan fingerprint density at radius 3 is 1.49 bits per heavy atom. The van der Waals surface area contributed by atoms with Crippen LogP contribution in [0.3, 0.4) is 0 Å². The Kier molecular flexibility index (Phi) is 22.2. The first-order chi connectivity index (χ1) is 17.3. The van der Waals surface area contributed by atoms with E-state index in [1.807, 2.05) is 12.1 Å². The highest BCUT2D eigenvalue weighted by Gasteiger charge is 2.06. The molecule has 204 valence electrons. The minimum atomic E-state index is 0.797. The lowest BCUT2D eigenvalue weighted by atomic mass is 10.0. The molecule has 1 rings (SSSR count). The zero-order valence-electron chi connectivity index (χ0n) is 23.8. The minimum absolute atomic E-state index is 0.797. The summed E-state index contributed by atoms with van der Waals surface area (Å²) >= 11 is 0. The van der Waals surface area contributed by atoms with E-state index in [4.69, 9.17) is 9.47 Å². The van der Waals surface area contributed by atoms with Crippen LogP contribution in [0.15, 0.2) is 18.2 Å². The third kappa shape index (κ3) is 18.7. The molecule has 0 radical (unpaired) electrons. The van der Waals surface area contributed by atoms with Crippen molar-refractivity contribution in [2.45, 2.75) is 149 Å². The number of hydrogen-bond donors (Lipinski definition) is 1. The van der Waals surface area contributed by atoms with Crippen molar-refractivity contribution in [2.24, 2.45) is 0 Å². The van der Waals surface area contributed by atoms with Crippen LogP contribution in [-0.2, 0) is 6.54 Å². The molecule has 0 aliphatic rings. The predicted octanol–water partition coefficient (Wildman–Crippen LogP) is 10.0. The van der Waals surface area contributed by atoms with Crippen LogP contribution in [-0.4, -0.2) is 20.3 Å². The third-order valence-electron chi connectivity index (χ3n) is 7.10. The lowest BCUT2D eigenvalue weighted by Crippen LogP contribution is -2.13. The molecule has 3 nitrogen and oxygen atoms in total. The fraction of sp³-hybridized carbons (Fsp3) is 0.812. The second-order valence-electron chi connectivity index (χ2n) is 10.3. The van der Waals surface area contributed by atoms with Gasteiger partial charge in [0.2, 0.25) is 0 Å². The average molecular weight is 490 g/mol. The SMILES string of the molecule is CCCCCCCCCCCCCCCCCCCCCCOc1cc(OC)ccc1CNCC. The lowest BCUT2D eigenvalue weighted by Gasteiger charge is -2.13. The fourth-order valence-corrected chi connectivity index (χ4v) is 4.74. The van der Waals surface area contributed by atoms with Crippen LogP contribution in [0.1, 0.15) is 148 Å². The van der Waals surface area contributed by atoms with Crippen molar-refractivity contribution >= 4 is 0 Å². The molecule has 0 saturated carbocycles. The van der Waals surface area contributed by atoms with Crippen LogP contribution in [0.4, 0.5) is 0 Å². The normalized spacial score (nSPS) is 11.2. The predicted molar refractivity (Wildman–Crippen MR) is 154 cm³/mol. The maximum Gasteiger partial charge on any atom is 0.127 e. The van der Waals surface area contributed by atoms with Gasteiger partial charge in [0.15, 0.2) is 0 Å². The van der Waals surface area contributed by atoms with Gasteiger partial charge in [-0.25, -0.2) is 0 Å². The third-order valence-corrected chi connectivity index (χ3v) is 7.10. The minimum Gasteiger partial charge on any atom is -0.497 e. The molecular weight excluding hydrogens is 430 g/mol. The van der Waals surface area contributed by atoms with Gasteiger partial charge in [-0.05, 0) is 19.0 Å². The number of nitrogens with one attached hydrogen (secondary N) is 1. The molecule has 0 bridgehead atoms. The number of unbranched alkanes of at least 4 members (excludes halogenated alkanes) is 19. The van der Waals surface area contributed by atoms with Crippen LogP contribution in [0.25, 0.3) is 0 Å². The van der Waals surface area contributed by atoms with Crippen molar-refractivity contribution < 1.29 is 9.47 Å². The zero-order chi connectivity index (χ0) is 25.2. The summed E-state index contributed by atoms with van der Waals surface area (Å²) < 4.78 is 11.5. The highest BCUT2D eigenvalue weighted by Crippen LogP contribution is 2.25. The summed E-state index contributed by atoms with van der Waals surface area (Å²) in [7, 11) is 1.71. The van der Waals surface area contributed by atoms with Crippen LogP contribution in [0.5, 0.6) is 11.5 Å². The lowest BCUT2D eigenvalue weighted by molar-refractivity contribution is 0.298. The Balaban J connectivity index is 1.86. The molecule has 0 saturated heterocycles. The van der Waals surface area contributed by atoms with E-state index in [1.165, 1.54) is 128 Å². The molecule has 0 atom stereocenters. The van der Waals surface area contributed by atoms with Crippen molar-refractivity contribution in [2.75, 3.05) is 20.3 Å². The van der Waals surface area contributed by atoms with E-state index in [9.17, 15) is 0 Å². The summed E-state index contributed by atoms with van der Waals surface area (Å²) in [6.45, 7) is 7.03. The summed E-state index contributed by atoms with van der Waals surface area (Å²) in [6, 6.07) is 6.13. The summed E-state index contributed by atoms with van der Waals surface area (Å²) in [5, 5.41) is 3.39. The Bertz CT molecular complexity index is 575. The molecule has 0 aliphatic carbocycles. The highest BCUT2D eigenvalue weighted by atomic mass is 16.5. The molecule has 0 amide bonds. The summed E-state index contributed by atoms with van der Waals surface area (Å²) in [6.07, 6.45) is 28.2. The molecule has 0 aliphatic heterocycles. The standard InChI is InChI=1S/C32H59NO2/c1-4-6-7-8-9-10-11-12-13-14-15-16-17-18-19-20-21-22-23-24-27-35-32-28-31(34-3)26-25-30(32)29-33-5-2/h25-26,28,33H,4-24,27,29H2,1-3H3. The van der Waals surface area contributed by atoms with Gasteiger partial charge in [0.05, 0.1) is 13.7 Å². The van der Waals surface area contributed by atoms with E-state index in [0.717, 1.165) is 37.6 Å². The molecule has 0 heterocycles. The number of hydrogen-bond acceptors (Lipinski definition) is 3. The highest BCUT2D eigenvalue weighted by molar-refractivity contribution is 5.40. The summed E-state index contributed by atoms with van der Waals surface area (Å²) in [5.74, 6) is 1.83. The van der Waals surface area contributed by atoms with Crippen LogP contribution < -0.4 is 14.8 Å². The molecule has 1 aromatic carbocycles. The molecule has 0 unspecified atom stereocenters. The van der Waals surface area contributed by atoms with Gasteiger partial charge in [-0.2, -0.15) is 0 Å². The second kappa shape index (κ2) is 24.5. The summed E-state index contributed by atoms with van der Waals surface area (Å²) in [4.78, 5) is 0. The second-order valence-corrected chi connectivity index (χ2v) is 10.3. The quantitative estimate of drug-likeness (QED) is 0.131. The van der Waals surface area contributed by atoms with Crippen molar-refractivity contribution in [1.29, 1.82) is 0 Å². The first kappa shape index (κ1) is 31.8. The van der Waals surface area contributed by atoms with Crippen molar-refractivity contribution in [3.63, 3.8) is 0 Å². The Morgan fingerprint density at radius 1 is 0.600 bits per heavy atom. The number of ether oxygens (including phenoxy) is 2. The first-order valence-corrected chi connectivity index (χ1v) is 15.3. The van der Waals surface area contributed by atoms with E-state index < -0.39 is 0 Å². The molecule has 1 N–H and O–H groups in total. The Labute approximate surface area is 219 Å². The molecule has 0 aromatic heterocycles. The summed E-state index contributed by atoms with van der Waals surface area (Å²) in [5.41, 5.74) is 1.21. The zero-order valence-corrected chi connectivity index (χ0v) is 23.8. The first-order valence-electron chi connectivity index (χ1n) is 15.3. The van der Waals surface area contributed by atoms with E-state index in [2.05, 4.69) is 25.2 Å². The number of methoxy groups -OCH3 is 1. The monoisotopic (exact) mass is 489 g/mol. The smallest absolute Gasteiger partial charge is 0.127 e. The van der Waals surface area contributed by atoms with Crippen molar-refractivity contribution in [3.05, 3.63) is 23.8 Å². The number of rotatable bonds is 26. The molecule has 35 heavy (non-hydrogen) atoms. The van der Waals surface area contributed by atoms with Crippen LogP contribution in [0, 0.1) is 0 Å². The van der Waals surface area contributed by atoms with E-state index in [1.54, 1.807) is 7.11 Å². The van der Waals surface area contributed by atoms with Gasteiger partial charge < -0.3 is 14.8 Å². The fourth-order valence-electron chi connectivity index (χ4n) is 4.74. The average Bonchev–Trinajstić information content (AvgIpc) is 2.88. The van der Waals surface area contributed by atoms with Gasteiger partial charge in [0.1, 0.15) is 11.5 Å². The molecule has 3 heteroatoms. The van der Waals surface area contributed by atoms with E-state index in [-0.39, 0.29) is 0 Å². The van der Waals surface area contributed by atoms with Crippen LogP contribution in [0.2, 0.25) is 0 Å². The maximum atomic E-state index is 6.09. The van der Waals surface area contributed by atoms with Crippen molar-refractivity contribution in [3.8, 4) is 11.5 Å². The van der Waals surface area contributed by atoms with Gasteiger partial charge in [-0.3, -0.25) is 0 Å².